The molecule has 0 unspecified atom stereocenters. The van der Waals surface area contributed by atoms with Gasteiger partial charge < -0.3 is 28.8 Å². The zero-order valence-electron chi connectivity index (χ0n) is 26.5. The van der Waals surface area contributed by atoms with Crippen molar-refractivity contribution in [3.8, 4) is 0 Å². The number of aliphatic hydroxyl groups is 1. The predicted molar refractivity (Wildman–Crippen MR) is 178 cm³/mol. The molecule has 4 aromatic carbocycles. The van der Waals surface area contributed by atoms with Gasteiger partial charge in [0.2, 0.25) is 0 Å². The molecular formula is C40H46O6. The highest BCUT2D eigenvalue weighted by Crippen LogP contribution is 2.41. The Balaban J connectivity index is 1.32. The standard InChI is InChI=1S/C40H46O6/c41-40(24-14-5-15-25-40)39-38(45-29-34-22-12-4-13-23-34)37(44-28-33-20-10-3-11-21-33)36(43-27-32-18-8-2-9-19-32)35(46-39)30-42-26-31-16-6-1-7-17-31/h1-4,6-13,16-23,35-39,41H,5,14-15,24-30H2/t35-,36-,37+,38+,39+/m1/s1. The van der Waals surface area contributed by atoms with E-state index >= 15 is 0 Å². The fourth-order valence-electron chi connectivity index (χ4n) is 6.67. The summed E-state index contributed by atoms with van der Waals surface area (Å²) >= 11 is 0. The van der Waals surface area contributed by atoms with Crippen LogP contribution < -0.4 is 0 Å². The highest BCUT2D eigenvalue weighted by Gasteiger charge is 2.55. The van der Waals surface area contributed by atoms with Crippen LogP contribution in [0.25, 0.3) is 0 Å². The lowest BCUT2D eigenvalue weighted by Crippen LogP contribution is -2.67. The van der Waals surface area contributed by atoms with Crippen molar-refractivity contribution in [2.24, 2.45) is 0 Å². The molecule has 6 nitrogen and oxygen atoms in total. The second-order valence-electron chi connectivity index (χ2n) is 12.5. The van der Waals surface area contributed by atoms with Crippen molar-refractivity contribution < 1.29 is 28.8 Å². The first-order valence-electron chi connectivity index (χ1n) is 16.6. The third kappa shape index (κ3) is 8.71. The predicted octanol–water partition coefficient (Wildman–Crippen LogP) is 7.42. The first kappa shape index (κ1) is 32.6. The molecule has 1 N–H and O–H groups in total. The Morgan fingerprint density at radius 2 is 0.935 bits per heavy atom. The van der Waals surface area contributed by atoms with Gasteiger partial charge in [0, 0.05) is 0 Å². The van der Waals surface area contributed by atoms with Gasteiger partial charge in [-0.15, -0.1) is 0 Å². The van der Waals surface area contributed by atoms with Crippen molar-refractivity contribution in [2.75, 3.05) is 6.61 Å². The maximum atomic E-state index is 12.2. The molecule has 0 aromatic heterocycles. The van der Waals surface area contributed by atoms with E-state index in [1.165, 1.54) is 0 Å². The molecule has 1 heterocycles. The summed E-state index contributed by atoms with van der Waals surface area (Å²) in [6.45, 7) is 1.87. The number of hydrogen-bond donors (Lipinski definition) is 1. The second-order valence-corrected chi connectivity index (χ2v) is 12.5. The summed E-state index contributed by atoms with van der Waals surface area (Å²) in [5.41, 5.74) is 3.21. The van der Waals surface area contributed by atoms with Gasteiger partial charge >= 0.3 is 0 Å². The number of ether oxygens (including phenoxy) is 5. The molecule has 1 aliphatic heterocycles. The third-order valence-electron chi connectivity index (χ3n) is 9.13. The molecule has 6 heteroatoms. The van der Waals surface area contributed by atoms with Crippen LogP contribution in [0.15, 0.2) is 121 Å². The summed E-state index contributed by atoms with van der Waals surface area (Å²) in [4.78, 5) is 0. The van der Waals surface area contributed by atoms with Crippen LogP contribution in [0.3, 0.4) is 0 Å². The minimum atomic E-state index is -1.05. The van der Waals surface area contributed by atoms with E-state index in [0.717, 1.165) is 41.5 Å². The topological polar surface area (TPSA) is 66.4 Å². The monoisotopic (exact) mass is 622 g/mol. The van der Waals surface area contributed by atoms with E-state index in [9.17, 15) is 5.11 Å². The van der Waals surface area contributed by atoms with E-state index in [2.05, 4.69) is 48.5 Å². The molecule has 1 aliphatic carbocycles. The fraction of sp³-hybridized carbons (Fsp3) is 0.400. The van der Waals surface area contributed by atoms with Crippen LogP contribution in [0.2, 0.25) is 0 Å². The molecule has 2 fully saturated rings. The van der Waals surface area contributed by atoms with E-state index in [1.807, 2.05) is 72.8 Å². The van der Waals surface area contributed by atoms with Crippen LogP contribution in [0.1, 0.15) is 54.4 Å². The van der Waals surface area contributed by atoms with Crippen molar-refractivity contribution in [1.29, 1.82) is 0 Å². The lowest BCUT2D eigenvalue weighted by Gasteiger charge is -2.52. The van der Waals surface area contributed by atoms with Crippen LogP contribution in [0.5, 0.6) is 0 Å². The summed E-state index contributed by atoms with van der Waals surface area (Å²) < 4.78 is 33.6. The molecule has 6 rings (SSSR count). The molecule has 0 amide bonds. The smallest absolute Gasteiger partial charge is 0.116 e. The van der Waals surface area contributed by atoms with Crippen molar-refractivity contribution >= 4 is 0 Å². The van der Waals surface area contributed by atoms with Gasteiger partial charge in [0.25, 0.3) is 0 Å². The molecule has 1 saturated heterocycles. The largest absolute Gasteiger partial charge is 0.387 e. The molecule has 0 bridgehead atoms. The van der Waals surface area contributed by atoms with Crippen LogP contribution in [0, 0.1) is 0 Å². The Kier molecular flexibility index (Phi) is 11.7. The average Bonchev–Trinajstić information content (AvgIpc) is 3.11. The van der Waals surface area contributed by atoms with Crippen molar-refractivity contribution in [1.82, 2.24) is 0 Å². The van der Waals surface area contributed by atoms with E-state index in [4.69, 9.17) is 23.7 Å². The Hall–Kier alpha value is -3.36. The fourth-order valence-corrected chi connectivity index (χ4v) is 6.67. The minimum absolute atomic E-state index is 0.289. The summed E-state index contributed by atoms with van der Waals surface area (Å²) in [5, 5.41) is 12.2. The molecule has 242 valence electrons. The normalized spacial score (nSPS) is 24.4. The molecule has 0 radical (unpaired) electrons. The molecule has 1 saturated carbocycles. The first-order valence-corrected chi connectivity index (χ1v) is 16.6. The maximum absolute atomic E-state index is 12.2. The molecule has 0 spiro atoms. The van der Waals surface area contributed by atoms with Gasteiger partial charge in [-0.2, -0.15) is 0 Å². The number of benzene rings is 4. The summed E-state index contributed by atoms with van der Waals surface area (Å²) in [7, 11) is 0. The van der Waals surface area contributed by atoms with Crippen LogP contribution in [-0.4, -0.2) is 47.8 Å². The first-order chi connectivity index (χ1) is 22.7. The summed E-state index contributed by atoms with van der Waals surface area (Å²) in [6, 6.07) is 40.6. The van der Waals surface area contributed by atoms with Gasteiger partial charge in [-0.25, -0.2) is 0 Å². The second kappa shape index (κ2) is 16.5. The minimum Gasteiger partial charge on any atom is -0.387 e. The Morgan fingerprint density at radius 3 is 1.41 bits per heavy atom. The van der Waals surface area contributed by atoms with E-state index in [-0.39, 0.29) is 6.61 Å². The lowest BCUT2D eigenvalue weighted by atomic mass is 9.75. The highest BCUT2D eigenvalue weighted by molar-refractivity contribution is 5.17. The molecule has 46 heavy (non-hydrogen) atoms. The summed E-state index contributed by atoms with van der Waals surface area (Å²) in [6.07, 6.45) is 1.60. The van der Waals surface area contributed by atoms with E-state index < -0.39 is 36.1 Å². The van der Waals surface area contributed by atoms with Crippen molar-refractivity contribution in [3.05, 3.63) is 144 Å². The van der Waals surface area contributed by atoms with Crippen molar-refractivity contribution in [3.63, 3.8) is 0 Å². The van der Waals surface area contributed by atoms with E-state index in [0.29, 0.717) is 39.3 Å². The Morgan fingerprint density at radius 1 is 0.522 bits per heavy atom. The highest BCUT2D eigenvalue weighted by atomic mass is 16.6. The van der Waals surface area contributed by atoms with E-state index in [1.54, 1.807) is 0 Å². The molecule has 2 aliphatic rings. The maximum Gasteiger partial charge on any atom is 0.116 e. The van der Waals surface area contributed by atoms with Gasteiger partial charge in [0.15, 0.2) is 0 Å². The average molecular weight is 623 g/mol. The van der Waals surface area contributed by atoms with Crippen LogP contribution in [-0.2, 0) is 50.1 Å². The third-order valence-corrected chi connectivity index (χ3v) is 9.13. The molecule has 4 aromatic rings. The number of hydrogen-bond acceptors (Lipinski definition) is 6. The quantitative estimate of drug-likeness (QED) is 0.158. The lowest BCUT2D eigenvalue weighted by molar-refractivity contribution is -0.305. The van der Waals surface area contributed by atoms with Crippen LogP contribution in [0.4, 0.5) is 0 Å². The number of rotatable bonds is 14. The van der Waals surface area contributed by atoms with Crippen molar-refractivity contribution in [2.45, 2.75) is 94.7 Å². The zero-order valence-corrected chi connectivity index (χ0v) is 26.5. The summed E-state index contributed by atoms with van der Waals surface area (Å²) in [5.74, 6) is 0. The van der Waals surface area contributed by atoms with Gasteiger partial charge in [-0.1, -0.05) is 141 Å². The Labute approximate surface area is 273 Å². The molecule has 5 atom stereocenters. The van der Waals surface area contributed by atoms with Gasteiger partial charge in [-0.05, 0) is 35.1 Å². The van der Waals surface area contributed by atoms with Gasteiger partial charge in [-0.3, -0.25) is 0 Å². The van der Waals surface area contributed by atoms with Gasteiger partial charge in [0.05, 0.1) is 38.6 Å². The Bertz CT molecular complexity index is 1410. The SMILES string of the molecule is OC1([C@H]2O[C@H](COCc3ccccc3)[C@@H](OCc3ccccc3)[C@H](OCc3ccccc3)[C@@H]2OCc2ccccc2)CCCCC1. The van der Waals surface area contributed by atoms with Gasteiger partial charge in [0.1, 0.15) is 30.5 Å². The molecular weight excluding hydrogens is 576 g/mol. The zero-order chi connectivity index (χ0) is 31.4. The van der Waals surface area contributed by atoms with Crippen LogP contribution >= 0.6 is 0 Å².